The molecule has 1 fully saturated rings. The van der Waals surface area contributed by atoms with Gasteiger partial charge in [0.2, 0.25) is 0 Å². The number of ether oxygens (including phenoxy) is 1. The van der Waals surface area contributed by atoms with Crippen LogP contribution in [0.3, 0.4) is 0 Å². The van der Waals surface area contributed by atoms with E-state index in [2.05, 4.69) is 31.3 Å². The van der Waals surface area contributed by atoms with Crippen molar-refractivity contribution in [1.82, 2.24) is 25.3 Å². The average molecular weight is 366 g/mol. The van der Waals surface area contributed by atoms with Crippen molar-refractivity contribution < 1.29 is 4.74 Å². The predicted molar refractivity (Wildman–Crippen MR) is 98.0 cm³/mol. The number of rotatable bonds is 5. The van der Waals surface area contributed by atoms with E-state index in [0.29, 0.717) is 29.2 Å². The van der Waals surface area contributed by atoms with E-state index in [1.807, 2.05) is 12.1 Å². The molecule has 0 aliphatic carbocycles. The maximum atomic E-state index is 9.67. The van der Waals surface area contributed by atoms with E-state index in [1.165, 1.54) is 11.3 Å². The largest absolute Gasteiger partial charge is 0.463 e. The fourth-order valence-electron chi connectivity index (χ4n) is 2.98. The average Bonchev–Trinajstić information content (AvgIpc) is 3.12. The highest BCUT2D eigenvalue weighted by atomic mass is 32.1. The van der Waals surface area contributed by atoms with Gasteiger partial charge in [-0.3, -0.25) is 0 Å². The molecule has 0 aromatic carbocycles. The number of aromatic nitrogens is 4. The van der Waals surface area contributed by atoms with E-state index in [9.17, 15) is 5.26 Å². The van der Waals surface area contributed by atoms with E-state index in [4.69, 9.17) is 4.74 Å². The van der Waals surface area contributed by atoms with Gasteiger partial charge in [-0.1, -0.05) is 11.3 Å². The third-order valence-electron chi connectivity index (χ3n) is 4.42. The molecule has 1 unspecified atom stereocenters. The number of thiazole rings is 1. The Morgan fingerprint density at radius 2 is 2.12 bits per heavy atom. The second-order valence-electron chi connectivity index (χ2n) is 6.21. The summed E-state index contributed by atoms with van der Waals surface area (Å²) in [7, 11) is 0. The lowest BCUT2D eigenvalue weighted by atomic mass is 9.99. The lowest BCUT2D eigenvalue weighted by Gasteiger charge is -2.22. The van der Waals surface area contributed by atoms with Crippen LogP contribution in [0.15, 0.2) is 30.6 Å². The summed E-state index contributed by atoms with van der Waals surface area (Å²) in [5.74, 6) is -0.0379. The highest BCUT2D eigenvalue weighted by Gasteiger charge is 2.21. The van der Waals surface area contributed by atoms with Crippen molar-refractivity contribution in [3.8, 4) is 12.1 Å². The van der Waals surface area contributed by atoms with Crippen LogP contribution in [0.2, 0.25) is 0 Å². The van der Waals surface area contributed by atoms with Gasteiger partial charge in [0.05, 0.1) is 18.4 Å². The standard InChI is InChI=1S/C18H18N6OS/c19-10-13(16-23-15-2-1-6-21-17(15)26-16)14-5-9-22-18(24-14)25-11-12-3-7-20-8-4-12/h1-2,5-6,9,12-13,20H,3-4,7-8,11H2. The zero-order valence-electron chi connectivity index (χ0n) is 14.1. The number of nitrogens with zero attached hydrogens (tertiary/aromatic N) is 5. The van der Waals surface area contributed by atoms with Gasteiger partial charge in [-0.05, 0) is 50.0 Å². The summed E-state index contributed by atoms with van der Waals surface area (Å²) >= 11 is 1.41. The molecular formula is C18H18N6OS. The zero-order valence-corrected chi connectivity index (χ0v) is 14.9. The van der Waals surface area contributed by atoms with Crippen LogP contribution in [0.4, 0.5) is 0 Å². The van der Waals surface area contributed by atoms with Crippen LogP contribution in [0.25, 0.3) is 10.3 Å². The molecule has 1 aliphatic heterocycles. The van der Waals surface area contributed by atoms with Gasteiger partial charge in [0, 0.05) is 12.4 Å². The second-order valence-corrected chi connectivity index (χ2v) is 7.22. The van der Waals surface area contributed by atoms with Gasteiger partial charge in [0.15, 0.2) is 0 Å². The van der Waals surface area contributed by atoms with Crippen molar-refractivity contribution in [3.05, 3.63) is 41.3 Å². The Hall–Kier alpha value is -2.63. The van der Waals surface area contributed by atoms with E-state index < -0.39 is 5.92 Å². The Balaban J connectivity index is 1.52. The van der Waals surface area contributed by atoms with Gasteiger partial charge < -0.3 is 10.1 Å². The minimum Gasteiger partial charge on any atom is -0.463 e. The third-order valence-corrected chi connectivity index (χ3v) is 5.46. The summed E-state index contributed by atoms with van der Waals surface area (Å²) in [6, 6.07) is 8.09. The van der Waals surface area contributed by atoms with Crippen LogP contribution in [-0.2, 0) is 0 Å². The molecule has 4 heterocycles. The molecule has 0 amide bonds. The Bertz CT molecular complexity index is 898. The summed E-state index contributed by atoms with van der Waals surface area (Å²) in [4.78, 5) is 18.3. The van der Waals surface area contributed by atoms with Gasteiger partial charge in [0.25, 0.3) is 0 Å². The van der Waals surface area contributed by atoms with E-state index >= 15 is 0 Å². The molecule has 8 heteroatoms. The molecule has 0 saturated carbocycles. The van der Waals surface area contributed by atoms with Crippen molar-refractivity contribution >= 4 is 21.7 Å². The zero-order chi connectivity index (χ0) is 17.8. The maximum Gasteiger partial charge on any atom is 0.316 e. The van der Waals surface area contributed by atoms with Crippen LogP contribution in [-0.4, -0.2) is 39.6 Å². The number of nitriles is 1. The fourth-order valence-corrected chi connectivity index (χ4v) is 3.95. The van der Waals surface area contributed by atoms with Crippen LogP contribution in [0.5, 0.6) is 6.01 Å². The van der Waals surface area contributed by atoms with E-state index in [-0.39, 0.29) is 0 Å². The third kappa shape index (κ3) is 3.64. The SMILES string of the molecule is N#CC(c1ccnc(OCC2CCNCC2)n1)c1nc2cccnc2s1. The molecule has 1 N–H and O–H groups in total. The summed E-state index contributed by atoms with van der Waals surface area (Å²) in [5.41, 5.74) is 1.39. The van der Waals surface area contributed by atoms with Crippen LogP contribution in [0, 0.1) is 17.2 Å². The smallest absolute Gasteiger partial charge is 0.316 e. The van der Waals surface area contributed by atoms with Gasteiger partial charge >= 0.3 is 6.01 Å². The Morgan fingerprint density at radius 3 is 2.92 bits per heavy atom. The molecule has 1 saturated heterocycles. The first-order valence-corrected chi connectivity index (χ1v) is 9.42. The van der Waals surface area contributed by atoms with E-state index in [0.717, 1.165) is 36.3 Å². The van der Waals surface area contributed by atoms with Crippen molar-refractivity contribution in [2.75, 3.05) is 19.7 Å². The molecule has 0 spiro atoms. The van der Waals surface area contributed by atoms with E-state index in [1.54, 1.807) is 18.5 Å². The van der Waals surface area contributed by atoms with Crippen LogP contribution >= 0.6 is 11.3 Å². The number of piperidine rings is 1. The summed E-state index contributed by atoms with van der Waals surface area (Å²) < 4.78 is 5.79. The van der Waals surface area contributed by atoms with Crippen molar-refractivity contribution in [2.45, 2.75) is 18.8 Å². The van der Waals surface area contributed by atoms with Gasteiger partial charge in [-0.2, -0.15) is 10.2 Å². The monoisotopic (exact) mass is 366 g/mol. The van der Waals surface area contributed by atoms with Crippen LogP contribution in [0.1, 0.15) is 29.5 Å². The van der Waals surface area contributed by atoms with Crippen molar-refractivity contribution in [3.63, 3.8) is 0 Å². The highest BCUT2D eigenvalue weighted by Crippen LogP contribution is 2.30. The molecule has 26 heavy (non-hydrogen) atoms. The molecule has 3 aromatic heterocycles. The summed E-state index contributed by atoms with van der Waals surface area (Å²) in [6.45, 7) is 2.65. The van der Waals surface area contributed by atoms with Gasteiger partial charge in [-0.25, -0.2) is 15.0 Å². The molecule has 0 bridgehead atoms. The topological polar surface area (TPSA) is 96.6 Å². The molecular weight excluding hydrogens is 348 g/mol. The predicted octanol–water partition coefficient (Wildman–Crippen LogP) is 2.52. The Morgan fingerprint density at radius 1 is 1.23 bits per heavy atom. The lowest BCUT2D eigenvalue weighted by Crippen LogP contribution is -2.30. The summed E-state index contributed by atoms with van der Waals surface area (Å²) in [6.07, 6.45) is 5.55. The molecule has 132 valence electrons. The number of fused-ring (bicyclic) bond motifs is 1. The first-order chi connectivity index (χ1) is 12.8. The quantitative estimate of drug-likeness (QED) is 0.741. The van der Waals surface area contributed by atoms with Crippen molar-refractivity contribution in [1.29, 1.82) is 5.26 Å². The normalized spacial score (nSPS) is 16.3. The maximum absolute atomic E-state index is 9.67. The minimum atomic E-state index is -0.557. The Kier molecular flexibility index (Phi) is 5.00. The molecule has 1 aliphatic rings. The molecule has 7 nitrogen and oxygen atoms in total. The number of hydrogen-bond donors (Lipinski definition) is 1. The first-order valence-electron chi connectivity index (χ1n) is 8.61. The van der Waals surface area contributed by atoms with Crippen LogP contribution < -0.4 is 10.1 Å². The fraction of sp³-hybridized carbons (Fsp3) is 0.389. The number of pyridine rings is 1. The second kappa shape index (κ2) is 7.72. The minimum absolute atomic E-state index is 0.320. The molecule has 0 radical (unpaired) electrons. The van der Waals surface area contributed by atoms with Gasteiger partial charge in [0.1, 0.15) is 21.3 Å². The lowest BCUT2D eigenvalue weighted by molar-refractivity contribution is 0.201. The molecule has 4 rings (SSSR count). The highest BCUT2D eigenvalue weighted by molar-refractivity contribution is 7.18. The first kappa shape index (κ1) is 16.8. The Labute approximate surface area is 155 Å². The molecule has 1 atom stereocenters. The number of nitrogens with one attached hydrogen (secondary N) is 1. The van der Waals surface area contributed by atoms with Gasteiger partial charge in [-0.15, -0.1) is 0 Å². The van der Waals surface area contributed by atoms with Crippen molar-refractivity contribution in [2.24, 2.45) is 5.92 Å². The number of hydrogen-bond acceptors (Lipinski definition) is 8. The molecule has 3 aromatic rings. The summed E-state index contributed by atoms with van der Waals surface area (Å²) in [5, 5.41) is 13.7.